The standard InChI is InChI=1S/C10H15NO3/c1-8-6-9(7-10(12)14-8)11-2-4-13-5-3-11/h7-8H,2-6H2,1H3. The monoisotopic (exact) mass is 197 g/mol. The fraction of sp³-hybridized carbons (Fsp3) is 0.700. The van der Waals surface area contributed by atoms with Crippen molar-refractivity contribution >= 4 is 5.97 Å². The van der Waals surface area contributed by atoms with Crippen LogP contribution in [0.2, 0.25) is 0 Å². The third-order valence-electron chi connectivity index (χ3n) is 2.52. The molecule has 1 unspecified atom stereocenters. The van der Waals surface area contributed by atoms with E-state index in [1.54, 1.807) is 6.08 Å². The van der Waals surface area contributed by atoms with E-state index in [-0.39, 0.29) is 12.1 Å². The van der Waals surface area contributed by atoms with Gasteiger partial charge in [-0.1, -0.05) is 0 Å². The highest BCUT2D eigenvalue weighted by atomic mass is 16.5. The molecule has 0 aromatic carbocycles. The van der Waals surface area contributed by atoms with Crippen molar-refractivity contribution < 1.29 is 14.3 Å². The van der Waals surface area contributed by atoms with Gasteiger partial charge in [-0.3, -0.25) is 0 Å². The second-order valence-corrected chi connectivity index (χ2v) is 3.69. The zero-order valence-corrected chi connectivity index (χ0v) is 8.36. The number of carbonyl (C=O) groups excluding carboxylic acids is 1. The SMILES string of the molecule is CC1CC(N2CCOCC2)=CC(=O)O1. The number of ether oxygens (including phenoxy) is 2. The highest BCUT2D eigenvalue weighted by Crippen LogP contribution is 2.19. The van der Waals surface area contributed by atoms with E-state index in [1.807, 2.05) is 6.92 Å². The minimum atomic E-state index is -0.217. The van der Waals surface area contributed by atoms with Gasteiger partial charge < -0.3 is 14.4 Å². The van der Waals surface area contributed by atoms with E-state index in [0.717, 1.165) is 38.4 Å². The normalized spacial score (nSPS) is 28.4. The van der Waals surface area contributed by atoms with Gasteiger partial charge >= 0.3 is 5.97 Å². The van der Waals surface area contributed by atoms with Crippen LogP contribution in [0.15, 0.2) is 11.8 Å². The highest BCUT2D eigenvalue weighted by Gasteiger charge is 2.22. The molecule has 14 heavy (non-hydrogen) atoms. The Hall–Kier alpha value is -1.03. The summed E-state index contributed by atoms with van der Waals surface area (Å²) in [7, 11) is 0. The van der Waals surface area contributed by atoms with Crippen molar-refractivity contribution in [2.24, 2.45) is 0 Å². The van der Waals surface area contributed by atoms with Crippen LogP contribution >= 0.6 is 0 Å². The van der Waals surface area contributed by atoms with Crippen molar-refractivity contribution in [1.29, 1.82) is 0 Å². The van der Waals surface area contributed by atoms with Crippen molar-refractivity contribution in [3.05, 3.63) is 11.8 Å². The molecule has 1 atom stereocenters. The molecule has 0 aliphatic carbocycles. The summed E-state index contributed by atoms with van der Waals surface area (Å²) < 4.78 is 10.3. The summed E-state index contributed by atoms with van der Waals surface area (Å²) in [6.07, 6.45) is 2.43. The molecule has 0 aromatic rings. The molecule has 0 saturated carbocycles. The zero-order chi connectivity index (χ0) is 9.97. The van der Waals surface area contributed by atoms with Gasteiger partial charge in [-0.15, -0.1) is 0 Å². The second kappa shape index (κ2) is 4.00. The van der Waals surface area contributed by atoms with Crippen molar-refractivity contribution in [3.63, 3.8) is 0 Å². The molecule has 0 spiro atoms. The van der Waals surface area contributed by atoms with E-state index >= 15 is 0 Å². The van der Waals surface area contributed by atoms with Gasteiger partial charge in [0.15, 0.2) is 0 Å². The van der Waals surface area contributed by atoms with Gasteiger partial charge in [0.25, 0.3) is 0 Å². The lowest BCUT2D eigenvalue weighted by Crippen LogP contribution is -2.38. The molecule has 0 radical (unpaired) electrons. The molecule has 4 heteroatoms. The molecule has 4 nitrogen and oxygen atoms in total. The number of rotatable bonds is 1. The highest BCUT2D eigenvalue weighted by molar-refractivity contribution is 5.83. The Morgan fingerprint density at radius 3 is 2.79 bits per heavy atom. The van der Waals surface area contributed by atoms with Crippen molar-refractivity contribution in [2.75, 3.05) is 26.3 Å². The fourth-order valence-electron chi connectivity index (χ4n) is 1.83. The van der Waals surface area contributed by atoms with Crippen molar-refractivity contribution in [2.45, 2.75) is 19.4 Å². The molecule has 0 amide bonds. The molecule has 2 aliphatic rings. The van der Waals surface area contributed by atoms with E-state index < -0.39 is 0 Å². The van der Waals surface area contributed by atoms with E-state index in [2.05, 4.69) is 4.90 Å². The van der Waals surface area contributed by atoms with E-state index in [0.29, 0.717) is 0 Å². The smallest absolute Gasteiger partial charge is 0.332 e. The molecule has 0 aromatic heterocycles. The van der Waals surface area contributed by atoms with E-state index in [9.17, 15) is 4.79 Å². The minimum Gasteiger partial charge on any atom is -0.459 e. The summed E-state index contributed by atoms with van der Waals surface area (Å²) >= 11 is 0. The number of hydrogen-bond acceptors (Lipinski definition) is 4. The molecule has 0 N–H and O–H groups in total. The number of morpholine rings is 1. The molecule has 1 fully saturated rings. The third kappa shape index (κ3) is 2.07. The van der Waals surface area contributed by atoms with Crippen LogP contribution in [-0.2, 0) is 14.3 Å². The first-order chi connectivity index (χ1) is 6.75. The van der Waals surface area contributed by atoms with Crippen molar-refractivity contribution in [1.82, 2.24) is 4.90 Å². The van der Waals surface area contributed by atoms with Gasteiger partial charge in [0.05, 0.1) is 13.2 Å². The molecular weight excluding hydrogens is 182 g/mol. The molecule has 2 heterocycles. The molecule has 78 valence electrons. The fourth-order valence-corrected chi connectivity index (χ4v) is 1.83. The Kier molecular flexibility index (Phi) is 2.72. The van der Waals surface area contributed by atoms with Gasteiger partial charge in [0.2, 0.25) is 0 Å². The van der Waals surface area contributed by atoms with Crippen molar-refractivity contribution in [3.8, 4) is 0 Å². The molecule has 2 aliphatic heterocycles. The Labute approximate surface area is 83.5 Å². The number of esters is 1. The Bertz CT molecular complexity index is 256. The molecule has 0 bridgehead atoms. The number of carbonyl (C=O) groups is 1. The predicted octanol–water partition coefficient (Wildman–Crippen LogP) is 0.538. The summed E-state index contributed by atoms with van der Waals surface area (Å²) in [4.78, 5) is 13.4. The maximum Gasteiger partial charge on any atom is 0.332 e. The number of hydrogen-bond donors (Lipinski definition) is 0. The maximum absolute atomic E-state index is 11.2. The first kappa shape index (κ1) is 9.52. The van der Waals surface area contributed by atoms with Crippen LogP contribution in [0.25, 0.3) is 0 Å². The quantitative estimate of drug-likeness (QED) is 0.575. The molecule has 2 rings (SSSR count). The summed E-state index contributed by atoms with van der Waals surface area (Å²) in [5.74, 6) is -0.217. The van der Waals surface area contributed by atoms with Crippen LogP contribution in [0.4, 0.5) is 0 Å². The lowest BCUT2D eigenvalue weighted by Gasteiger charge is -2.33. The van der Waals surface area contributed by atoms with Gasteiger partial charge in [-0.05, 0) is 6.92 Å². The number of cyclic esters (lactones) is 1. The average molecular weight is 197 g/mol. The van der Waals surface area contributed by atoms with Crippen LogP contribution < -0.4 is 0 Å². The third-order valence-corrected chi connectivity index (χ3v) is 2.52. The first-order valence-electron chi connectivity index (χ1n) is 4.99. The maximum atomic E-state index is 11.2. The average Bonchev–Trinajstić information content (AvgIpc) is 2.18. The summed E-state index contributed by atoms with van der Waals surface area (Å²) in [5.41, 5.74) is 1.09. The topological polar surface area (TPSA) is 38.8 Å². The Balaban J connectivity index is 2.04. The first-order valence-corrected chi connectivity index (χ1v) is 4.99. The summed E-state index contributed by atoms with van der Waals surface area (Å²) in [5, 5.41) is 0. The molecule has 1 saturated heterocycles. The Morgan fingerprint density at radius 1 is 1.43 bits per heavy atom. The summed E-state index contributed by atoms with van der Waals surface area (Å²) in [6.45, 7) is 5.19. The van der Waals surface area contributed by atoms with Gasteiger partial charge in [0.1, 0.15) is 6.10 Å². The Morgan fingerprint density at radius 2 is 2.14 bits per heavy atom. The lowest BCUT2D eigenvalue weighted by atomic mass is 10.1. The second-order valence-electron chi connectivity index (χ2n) is 3.69. The van der Waals surface area contributed by atoms with Gasteiger partial charge in [-0.2, -0.15) is 0 Å². The zero-order valence-electron chi connectivity index (χ0n) is 8.36. The van der Waals surface area contributed by atoms with Gasteiger partial charge in [0, 0.05) is 31.3 Å². The lowest BCUT2D eigenvalue weighted by molar-refractivity contribution is -0.144. The minimum absolute atomic E-state index is 0.00495. The van der Waals surface area contributed by atoms with Crippen LogP contribution in [0.3, 0.4) is 0 Å². The van der Waals surface area contributed by atoms with E-state index in [1.165, 1.54) is 0 Å². The summed E-state index contributed by atoms with van der Waals surface area (Å²) in [6, 6.07) is 0. The van der Waals surface area contributed by atoms with Crippen LogP contribution in [0, 0.1) is 0 Å². The van der Waals surface area contributed by atoms with Crippen LogP contribution in [0.1, 0.15) is 13.3 Å². The van der Waals surface area contributed by atoms with Gasteiger partial charge in [-0.25, -0.2) is 4.79 Å². The largest absolute Gasteiger partial charge is 0.459 e. The predicted molar refractivity (Wildman–Crippen MR) is 50.6 cm³/mol. The number of nitrogens with zero attached hydrogens (tertiary/aromatic N) is 1. The van der Waals surface area contributed by atoms with Crippen LogP contribution in [0.5, 0.6) is 0 Å². The molecular formula is C10H15NO3. The van der Waals surface area contributed by atoms with E-state index in [4.69, 9.17) is 9.47 Å². The van der Waals surface area contributed by atoms with Crippen LogP contribution in [-0.4, -0.2) is 43.3 Å².